The molecule has 0 saturated heterocycles. The van der Waals surface area contributed by atoms with Gasteiger partial charge in [-0.1, -0.05) is 19.1 Å². The minimum Gasteiger partial charge on any atom is -0.495 e. The monoisotopic (exact) mass is 308 g/mol. The van der Waals surface area contributed by atoms with Crippen LogP contribution in [0.15, 0.2) is 24.3 Å². The smallest absolute Gasteiger partial charge is 0.282 e. The number of anilines is 1. The van der Waals surface area contributed by atoms with Crippen LogP contribution in [0.3, 0.4) is 0 Å². The van der Waals surface area contributed by atoms with E-state index in [0.717, 1.165) is 11.3 Å². The highest BCUT2D eigenvalue weighted by atomic mass is 16.5. The van der Waals surface area contributed by atoms with Gasteiger partial charge in [0.25, 0.3) is 11.8 Å². The lowest BCUT2D eigenvalue weighted by Crippen LogP contribution is -3.15. The van der Waals surface area contributed by atoms with Gasteiger partial charge in [-0.25, -0.2) is 0 Å². The van der Waals surface area contributed by atoms with Gasteiger partial charge in [0, 0.05) is 6.54 Å². The topological polar surface area (TPSA) is 71.9 Å². The first kappa shape index (κ1) is 18.0. The van der Waals surface area contributed by atoms with Gasteiger partial charge in [-0.05, 0) is 25.5 Å². The molecule has 122 valence electrons. The largest absolute Gasteiger partial charge is 0.495 e. The molecule has 0 bridgehead atoms. The van der Waals surface area contributed by atoms with E-state index in [1.54, 1.807) is 26.2 Å². The van der Waals surface area contributed by atoms with Gasteiger partial charge in [-0.2, -0.15) is 0 Å². The molecule has 0 aliphatic heterocycles. The zero-order valence-electron chi connectivity index (χ0n) is 13.7. The fourth-order valence-corrected chi connectivity index (χ4v) is 1.95. The summed E-state index contributed by atoms with van der Waals surface area (Å²) in [6, 6.07) is 6.89. The van der Waals surface area contributed by atoms with Crippen LogP contribution in [0.2, 0.25) is 0 Å². The van der Waals surface area contributed by atoms with E-state index in [4.69, 9.17) is 4.74 Å². The molecule has 0 fully saturated rings. The van der Waals surface area contributed by atoms with Crippen molar-refractivity contribution in [3.63, 3.8) is 0 Å². The maximum absolute atomic E-state index is 12.3. The van der Waals surface area contributed by atoms with Crippen LogP contribution in [0.4, 0.5) is 5.69 Å². The van der Waals surface area contributed by atoms with Crippen molar-refractivity contribution in [3.05, 3.63) is 24.3 Å². The zero-order valence-corrected chi connectivity index (χ0v) is 13.7. The van der Waals surface area contributed by atoms with Crippen molar-refractivity contribution < 1.29 is 19.2 Å². The Kier molecular flexibility index (Phi) is 7.39. The standard InChI is InChI=1S/C16H25N3O3/c1-5-10-17-15(20)11-19(3)12(2)16(21)18-13-8-6-7-9-14(13)22-4/h6-9,12H,5,10-11H2,1-4H3,(H,17,20)(H,18,21)/p+1/t12-/m1/s1. The molecule has 1 unspecified atom stereocenters. The van der Waals surface area contributed by atoms with Crippen LogP contribution in [-0.2, 0) is 9.59 Å². The van der Waals surface area contributed by atoms with E-state index in [-0.39, 0.29) is 24.4 Å². The summed E-state index contributed by atoms with van der Waals surface area (Å²) in [6.45, 7) is 4.72. The number of benzene rings is 1. The number of ether oxygens (including phenoxy) is 1. The highest BCUT2D eigenvalue weighted by Crippen LogP contribution is 2.22. The fourth-order valence-electron chi connectivity index (χ4n) is 1.95. The minimum absolute atomic E-state index is 0.0451. The van der Waals surface area contributed by atoms with Crippen LogP contribution < -0.4 is 20.3 Å². The quantitative estimate of drug-likeness (QED) is 0.636. The molecule has 0 saturated carbocycles. The van der Waals surface area contributed by atoms with E-state index in [1.165, 1.54) is 0 Å². The summed E-state index contributed by atoms with van der Waals surface area (Å²) in [4.78, 5) is 24.8. The van der Waals surface area contributed by atoms with Gasteiger partial charge in [-0.15, -0.1) is 0 Å². The van der Waals surface area contributed by atoms with Gasteiger partial charge < -0.3 is 20.3 Å². The van der Waals surface area contributed by atoms with E-state index in [1.807, 2.05) is 26.1 Å². The normalized spacial score (nSPS) is 13.1. The maximum Gasteiger partial charge on any atom is 0.282 e. The fraction of sp³-hybridized carbons (Fsp3) is 0.500. The molecule has 1 aromatic rings. The van der Waals surface area contributed by atoms with Crippen LogP contribution in [0.1, 0.15) is 20.3 Å². The first-order valence-corrected chi connectivity index (χ1v) is 7.52. The van der Waals surface area contributed by atoms with Crippen LogP contribution in [0, 0.1) is 0 Å². The van der Waals surface area contributed by atoms with Crippen LogP contribution in [0.5, 0.6) is 5.75 Å². The molecule has 0 aliphatic rings. The number of carbonyl (C=O) groups excluding carboxylic acids is 2. The van der Waals surface area contributed by atoms with E-state index in [2.05, 4.69) is 10.6 Å². The van der Waals surface area contributed by atoms with Gasteiger partial charge in [0.2, 0.25) is 0 Å². The van der Waals surface area contributed by atoms with Gasteiger partial charge in [0.15, 0.2) is 12.6 Å². The first-order valence-electron chi connectivity index (χ1n) is 7.52. The second-order valence-corrected chi connectivity index (χ2v) is 5.28. The first-order chi connectivity index (χ1) is 10.5. The van der Waals surface area contributed by atoms with Gasteiger partial charge in [0.1, 0.15) is 5.75 Å². The van der Waals surface area contributed by atoms with Crippen molar-refractivity contribution in [1.82, 2.24) is 5.32 Å². The molecular weight excluding hydrogens is 282 g/mol. The Hall–Kier alpha value is -2.08. The molecule has 0 aliphatic carbocycles. The Morgan fingerprint density at radius 3 is 2.64 bits per heavy atom. The molecule has 2 amide bonds. The van der Waals surface area contributed by atoms with Crippen molar-refractivity contribution >= 4 is 17.5 Å². The average molecular weight is 308 g/mol. The predicted octanol–water partition coefficient (Wildman–Crippen LogP) is 0.0631. The van der Waals surface area contributed by atoms with E-state index in [0.29, 0.717) is 18.0 Å². The minimum atomic E-state index is -0.350. The predicted molar refractivity (Wildman–Crippen MR) is 86.1 cm³/mol. The van der Waals surface area contributed by atoms with Crippen LogP contribution in [0.25, 0.3) is 0 Å². The molecule has 2 atom stereocenters. The SMILES string of the molecule is CCCNC(=O)C[NH+](C)[C@H](C)C(=O)Nc1ccccc1OC. The van der Waals surface area contributed by atoms with Gasteiger partial charge >= 0.3 is 0 Å². The number of carbonyl (C=O) groups is 2. The van der Waals surface area contributed by atoms with Crippen LogP contribution >= 0.6 is 0 Å². The van der Waals surface area contributed by atoms with Crippen LogP contribution in [-0.4, -0.2) is 45.1 Å². The summed E-state index contributed by atoms with van der Waals surface area (Å²) >= 11 is 0. The summed E-state index contributed by atoms with van der Waals surface area (Å²) in [7, 11) is 3.39. The molecule has 22 heavy (non-hydrogen) atoms. The van der Waals surface area contributed by atoms with Crippen molar-refractivity contribution in [2.45, 2.75) is 26.3 Å². The lowest BCUT2D eigenvalue weighted by Gasteiger charge is -2.21. The summed E-state index contributed by atoms with van der Waals surface area (Å²) in [5.74, 6) is 0.419. The van der Waals surface area contributed by atoms with Crippen molar-refractivity contribution in [3.8, 4) is 5.75 Å². The van der Waals surface area contributed by atoms with E-state index in [9.17, 15) is 9.59 Å². The summed E-state index contributed by atoms with van der Waals surface area (Å²) in [5.41, 5.74) is 0.630. The molecule has 6 heteroatoms. The number of hydrogen-bond acceptors (Lipinski definition) is 3. The lowest BCUT2D eigenvalue weighted by molar-refractivity contribution is -0.885. The number of likely N-dealkylation sites (N-methyl/N-ethyl adjacent to an activating group) is 1. The number of rotatable bonds is 8. The second-order valence-electron chi connectivity index (χ2n) is 5.28. The number of para-hydroxylation sites is 2. The highest BCUT2D eigenvalue weighted by molar-refractivity contribution is 5.95. The third-order valence-electron chi connectivity index (χ3n) is 3.51. The summed E-state index contributed by atoms with van der Waals surface area (Å²) < 4.78 is 5.21. The maximum atomic E-state index is 12.3. The van der Waals surface area contributed by atoms with Crippen molar-refractivity contribution in [1.29, 1.82) is 0 Å². The number of quaternary nitrogens is 1. The van der Waals surface area contributed by atoms with Crippen molar-refractivity contribution in [2.24, 2.45) is 0 Å². The Balaban J connectivity index is 2.58. The molecule has 0 aromatic heterocycles. The average Bonchev–Trinajstić information content (AvgIpc) is 2.52. The number of hydrogen-bond donors (Lipinski definition) is 3. The molecule has 0 spiro atoms. The third-order valence-corrected chi connectivity index (χ3v) is 3.51. The number of nitrogens with one attached hydrogen (secondary N) is 3. The summed E-state index contributed by atoms with van der Waals surface area (Å²) in [6.07, 6.45) is 0.897. The van der Waals surface area contributed by atoms with Gasteiger partial charge in [0.05, 0.1) is 19.8 Å². The molecule has 0 heterocycles. The van der Waals surface area contributed by atoms with Gasteiger partial charge in [-0.3, -0.25) is 9.59 Å². The number of amides is 2. The Labute approximate surface area is 131 Å². The zero-order chi connectivity index (χ0) is 16.5. The molecule has 1 rings (SSSR count). The molecule has 6 nitrogen and oxygen atoms in total. The number of methoxy groups -OCH3 is 1. The molecular formula is C16H26N3O3+. The Bertz CT molecular complexity index is 505. The molecule has 0 radical (unpaired) electrons. The van der Waals surface area contributed by atoms with E-state index >= 15 is 0 Å². The molecule has 3 N–H and O–H groups in total. The third kappa shape index (κ3) is 5.37. The second kappa shape index (κ2) is 9.04. The Morgan fingerprint density at radius 1 is 1.32 bits per heavy atom. The summed E-state index contributed by atoms with van der Waals surface area (Å²) in [5, 5.41) is 5.66. The lowest BCUT2D eigenvalue weighted by atomic mass is 10.2. The van der Waals surface area contributed by atoms with Crippen molar-refractivity contribution in [2.75, 3.05) is 32.6 Å². The Morgan fingerprint density at radius 2 is 2.00 bits per heavy atom. The van der Waals surface area contributed by atoms with E-state index < -0.39 is 0 Å². The highest BCUT2D eigenvalue weighted by Gasteiger charge is 2.24. The molecule has 1 aromatic carbocycles.